The van der Waals surface area contributed by atoms with Crippen LogP contribution >= 0.6 is 0 Å². The Morgan fingerprint density at radius 1 is 1.57 bits per heavy atom. The molecular formula is C11H22N2O. The number of nitrogens with one attached hydrogen (secondary N) is 1. The van der Waals surface area contributed by atoms with Crippen molar-refractivity contribution in [2.75, 3.05) is 7.05 Å². The molecule has 1 aliphatic heterocycles. The summed E-state index contributed by atoms with van der Waals surface area (Å²) in [6.07, 6.45) is 3.33. The van der Waals surface area contributed by atoms with Crippen molar-refractivity contribution in [3.8, 4) is 0 Å². The van der Waals surface area contributed by atoms with E-state index < -0.39 is 0 Å². The van der Waals surface area contributed by atoms with Crippen LogP contribution in [0.2, 0.25) is 0 Å². The summed E-state index contributed by atoms with van der Waals surface area (Å²) < 4.78 is 0. The molecule has 2 atom stereocenters. The normalized spacial score (nSPS) is 28.6. The Hall–Kier alpha value is -0.410. The predicted octanol–water partition coefficient (Wildman–Crippen LogP) is 1.59. The first-order valence-corrected chi connectivity index (χ1v) is 5.59. The second-order valence-corrected chi connectivity index (χ2v) is 4.53. The van der Waals surface area contributed by atoms with E-state index in [1.807, 2.05) is 20.9 Å². The molecule has 1 aliphatic rings. The van der Waals surface area contributed by atoms with E-state index in [0.717, 1.165) is 6.42 Å². The second-order valence-electron chi connectivity index (χ2n) is 4.53. The van der Waals surface area contributed by atoms with Gasteiger partial charge in [-0.1, -0.05) is 27.2 Å². The van der Waals surface area contributed by atoms with Crippen molar-refractivity contribution in [3.05, 3.63) is 0 Å². The summed E-state index contributed by atoms with van der Waals surface area (Å²) in [4.78, 5) is 11.8. The second kappa shape index (κ2) is 4.89. The summed E-state index contributed by atoms with van der Waals surface area (Å²) in [6.45, 7) is 6.12. The van der Waals surface area contributed by atoms with Crippen LogP contribution in [0.3, 0.4) is 0 Å². The van der Waals surface area contributed by atoms with Crippen LogP contribution in [-0.2, 0) is 4.79 Å². The zero-order chi connectivity index (χ0) is 10.7. The first-order valence-electron chi connectivity index (χ1n) is 5.59. The summed E-state index contributed by atoms with van der Waals surface area (Å²) >= 11 is 0. The van der Waals surface area contributed by atoms with Gasteiger partial charge in [-0.3, -0.25) is 4.79 Å². The van der Waals surface area contributed by atoms with Crippen LogP contribution in [-0.4, -0.2) is 29.9 Å². The largest absolute Gasteiger partial charge is 0.298 e. The van der Waals surface area contributed by atoms with Gasteiger partial charge >= 0.3 is 0 Å². The molecule has 82 valence electrons. The van der Waals surface area contributed by atoms with Crippen molar-refractivity contribution >= 4 is 5.78 Å². The standard InChI is InChI=1S/C11H22N2O/c1-5-6-9-7-10(12-13(9)4)11(14)8(2)3/h8-10,12H,5-7H2,1-4H3. The van der Waals surface area contributed by atoms with Crippen molar-refractivity contribution in [3.63, 3.8) is 0 Å². The minimum Gasteiger partial charge on any atom is -0.298 e. The number of ketones is 1. The molecule has 0 saturated carbocycles. The zero-order valence-electron chi connectivity index (χ0n) is 9.71. The molecule has 3 heteroatoms. The van der Waals surface area contributed by atoms with Gasteiger partial charge in [0.15, 0.2) is 5.78 Å². The van der Waals surface area contributed by atoms with Gasteiger partial charge in [-0.15, -0.1) is 0 Å². The summed E-state index contributed by atoms with van der Waals surface area (Å²) in [7, 11) is 2.04. The van der Waals surface area contributed by atoms with Crippen LogP contribution in [0, 0.1) is 5.92 Å². The predicted molar refractivity (Wildman–Crippen MR) is 57.8 cm³/mol. The molecule has 3 nitrogen and oxygen atoms in total. The Balaban J connectivity index is 2.49. The molecule has 0 spiro atoms. The Morgan fingerprint density at radius 2 is 2.21 bits per heavy atom. The van der Waals surface area contributed by atoms with Crippen molar-refractivity contribution in [2.45, 2.75) is 52.1 Å². The van der Waals surface area contributed by atoms with Gasteiger partial charge in [-0.25, -0.2) is 10.4 Å². The lowest BCUT2D eigenvalue weighted by molar-refractivity contribution is -0.124. The van der Waals surface area contributed by atoms with E-state index in [2.05, 4.69) is 17.4 Å². The molecule has 0 amide bonds. The van der Waals surface area contributed by atoms with E-state index in [4.69, 9.17) is 0 Å². The highest BCUT2D eigenvalue weighted by molar-refractivity contribution is 5.85. The lowest BCUT2D eigenvalue weighted by Gasteiger charge is -2.17. The number of Topliss-reactive ketones (excluding diaryl/α,β-unsaturated/α-hetero) is 1. The maximum absolute atomic E-state index is 11.8. The topological polar surface area (TPSA) is 32.3 Å². The maximum atomic E-state index is 11.8. The van der Waals surface area contributed by atoms with Crippen LogP contribution in [0.15, 0.2) is 0 Å². The third-order valence-corrected chi connectivity index (χ3v) is 2.95. The van der Waals surface area contributed by atoms with E-state index in [0.29, 0.717) is 11.8 Å². The highest BCUT2D eigenvalue weighted by Gasteiger charge is 2.33. The fraction of sp³-hybridized carbons (Fsp3) is 0.909. The molecule has 2 unspecified atom stereocenters. The van der Waals surface area contributed by atoms with Gasteiger partial charge in [0.25, 0.3) is 0 Å². The van der Waals surface area contributed by atoms with Crippen molar-refractivity contribution in [1.82, 2.24) is 10.4 Å². The molecule has 1 N–H and O–H groups in total. The van der Waals surface area contributed by atoms with Gasteiger partial charge in [-0.05, 0) is 12.8 Å². The van der Waals surface area contributed by atoms with Crippen molar-refractivity contribution < 1.29 is 4.79 Å². The number of hydrogen-bond donors (Lipinski definition) is 1. The molecular weight excluding hydrogens is 176 g/mol. The molecule has 1 rings (SSSR count). The minimum absolute atomic E-state index is 0.0524. The third-order valence-electron chi connectivity index (χ3n) is 2.95. The molecule has 1 fully saturated rings. The van der Waals surface area contributed by atoms with Crippen LogP contribution < -0.4 is 5.43 Å². The lowest BCUT2D eigenvalue weighted by atomic mass is 9.97. The molecule has 1 heterocycles. The van der Waals surface area contributed by atoms with E-state index in [9.17, 15) is 4.79 Å². The van der Waals surface area contributed by atoms with Crippen LogP contribution in [0.1, 0.15) is 40.0 Å². The first-order chi connectivity index (χ1) is 6.56. The average Bonchev–Trinajstić information content (AvgIpc) is 2.47. The molecule has 14 heavy (non-hydrogen) atoms. The summed E-state index contributed by atoms with van der Waals surface area (Å²) in [5, 5.41) is 2.11. The monoisotopic (exact) mass is 198 g/mol. The minimum atomic E-state index is 0.0524. The third kappa shape index (κ3) is 2.55. The number of hydrogen-bond acceptors (Lipinski definition) is 3. The van der Waals surface area contributed by atoms with E-state index in [-0.39, 0.29) is 12.0 Å². The van der Waals surface area contributed by atoms with E-state index >= 15 is 0 Å². The maximum Gasteiger partial charge on any atom is 0.153 e. The molecule has 0 aromatic rings. The van der Waals surface area contributed by atoms with Crippen molar-refractivity contribution in [1.29, 1.82) is 0 Å². The van der Waals surface area contributed by atoms with Gasteiger partial charge in [0.2, 0.25) is 0 Å². The summed E-state index contributed by atoms with van der Waals surface area (Å²) in [6, 6.07) is 0.587. The van der Waals surface area contributed by atoms with Crippen LogP contribution in [0.4, 0.5) is 0 Å². The Kier molecular flexibility index (Phi) is 4.08. The van der Waals surface area contributed by atoms with Gasteiger partial charge < -0.3 is 0 Å². The highest BCUT2D eigenvalue weighted by Crippen LogP contribution is 2.19. The Labute approximate surface area is 86.8 Å². The van der Waals surface area contributed by atoms with Crippen molar-refractivity contribution in [2.24, 2.45) is 5.92 Å². The Bertz CT molecular complexity index is 203. The molecule has 0 aromatic carbocycles. The highest BCUT2D eigenvalue weighted by atomic mass is 16.1. The van der Waals surface area contributed by atoms with Gasteiger partial charge in [0, 0.05) is 19.0 Å². The lowest BCUT2D eigenvalue weighted by Crippen LogP contribution is -2.40. The summed E-state index contributed by atoms with van der Waals surface area (Å²) in [5.41, 5.74) is 3.25. The fourth-order valence-corrected chi connectivity index (χ4v) is 2.06. The van der Waals surface area contributed by atoms with E-state index in [1.54, 1.807) is 0 Å². The quantitative estimate of drug-likeness (QED) is 0.744. The Morgan fingerprint density at radius 3 is 2.71 bits per heavy atom. The number of hydrazine groups is 1. The van der Waals surface area contributed by atoms with E-state index in [1.165, 1.54) is 12.8 Å². The molecule has 1 saturated heterocycles. The number of rotatable bonds is 4. The van der Waals surface area contributed by atoms with Crippen LogP contribution in [0.25, 0.3) is 0 Å². The molecule has 0 aromatic heterocycles. The number of carbonyl (C=O) groups excluding carboxylic acids is 1. The van der Waals surface area contributed by atoms with Crippen LogP contribution in [0.5, 0.6) is 0 Å². The molecule has 0 aliphatic carbocycles. The number of nitrogens with zero attached hydrogens (tertiary/aromatic N) is 1. The summed E-state index contributed by atoms with van der Waals surface area (Å²) in [5.74, 6) is 0.483. The number of carbonyl (C=O) groups is 1. The van der Waals surface area contributed by atoms with Gasteiger partial charge in [0.1, 0.15) is 0 Å². The van der Waals surface area contributed by atoms with Gasteiger partial charge in [-0.2, -0.15) is 0 Å². The first kappa shape index (κ1) is 11.7. The molecule has 0 radical (unpaired) electrons. The average molecular weight is 198 g/mol. The SMILES string of the molecule is CCCC1CC(C(=O)C(C)C)NN1C. The zero-order valence-corrected chi connectivity index (χ0v) is 9.71. The fourth-order valence-electron chi connectivity index (χ4n) is 2.06. The molecule has 0 bridgehead atoms. The smallest absolute Gasteiger partial charge is 0.153 e. The van der Waals surface area contributed by atoms with Gasteiger partial charge in [0.05, 0.1) is 6.04 Å².